The summed E-state index contributed by atoms with van der Waals surface area (Å²) >= 11 is 1.20. The van der Waals surface area contributed by atoms with Crippen LogP contribution in [0.1, 0.15) is 21.7 Å². The van der Waals surface area contributed by atoms with E-state index in [1.165, 1.54) is 11.8 Å². The number of methoxy groups -OCH3 is 1. The summed E-state index contributed by atoms with van der Waals surface area (Å²) in [5, 5.41) is 10.5. The van der Waals surface area contributed by atoms with Crippen molar-refractivity contribution in [3.63, 3.8) is 0 Å². The summed E-state index contributed by atoms with van der Waals surface area (Å²) in [7, 11) is 1.58. The molecule has 2 N–H and O–H groups in total. The third-order valence-corrected chi connectivity index (χ3v) is 5.56. The van der Waals surface area contributed by atoms with Crippen LogP contribution in [-0.4, -0.2) is 44.3 Å². The summed E-state index contributed by atoms with van der Waals surface area (Å²) in [6, 6.07) is 15.8. The predicted molar refractivity (Wildman–Crippen MR) is 127 cm³/mol. The summed E-state index contributed by atoms with van der Waals surface area (Å²) in [5.74, 6) is 0.672. The summed E-state index contributed by atoms with van der Waals surface area (Å²) < 4.78 is 6.77. The van der Waals surface area contributed by atoms with Gasteiger partial charge < -0.3 is 15.4 Å². The van der Waals surface area contributed by atoms with Gasteiger partial charge in [0.1, 0.15) is 5.75 Å². The molecule has 0 fully saturated rings. The van der Waals surface area contributed by atoms with E-state index in [1.54, 1.807) is 60.2 Å². The number of hydrogen-bond acceptors (Lipinski definition) is 7. The van der Waals surface area contributed by atoms with Crippen molar-refractivity contribution in [1.29, 1.82) is 0 Å². The number of carbonyl (C=O) groups excluding carboxylic acids is 2. The Morgan fingerprint density at radius 1 is 1.03 bits per heavy atom. The summed E-state index contributed by atoms with van der Waals surface area (Å²) in [5.41, 5.74) is 3.16. The maximum atomic E-state index is 12.8. The van der Waals surface area contributed by atoms with Crippen LogP contribution < -0.4 is 15.4 Å². The Kier molecular flexibility index (Phi) is 6.55. The fourth-order valence-electron chi connectivity index (χ4n) is 3.19. The first-order chi connectivity index (χ1) is 15.9. The van der Waals surface area contributed by atoms with Crippen LogP contribution in [0.2, 0.25) is 0 Å². The molecule has 0 bridgehead atoms. The van der Waals surface area contributed by atoms with Gasteiger partial charge in [-0.05, 0) is 56.3 Å². The molecule has 33 heavy (non-hydrogen) atoms. The Morgan fingerprint density at radius 2 is 1.79 bits per heavy atom. The molecule has 0 aliphatic heterocycles. The van der Waals surface area contributed by atoms with Crippen LogP contribution >= 0.6 is 11.8 Å². The Morgan fingerprint density at radius 3 is 2.55 bits per heavy atom. The van der Waals surface area contributed by atoms with Crippen molar-refractivity contribution in [1.82, 2.24) is 19.6 Å². The minimum Gasteiger partial charge on any atom is -0.497 e. The molecule has 0 unspecified atom stereocenters. The van der Waals surface area contributed by atoms with Crippen LogP contribution in [0.5, 0.6) is 5.75 Å². The van der Waals surface area contributed by atoms with Gasteiger partial charge in [-0.15, -0.1) is 5.10 Å². The zero-order valence-electron chi connectivity index (χ0n) is 18.3. The first kappa shape index (κ1) is 22.3. The fraction of sp³-hybridized carbons (Fsp3) is 0.174. The Labute approximate surface area is 194 Å². The second-order valence-electron chi connectivity index (χ2n) is 7.21. The Bertz CT molecular complexity index is 1320. The van der Waals surface area contributed by atoms with Gasteiger partial charge in [-0.1, -0.05) is 23.9 Å². The molecule has 168 valence electrons. The number of para-hydroxylation sites is 1. The summed E-state index contributed by atoms with van der Waals surface area (Å²) in [6.07, 6.45) is 0. The average Bonchev–Trinajstić information content (AvgIpc) is 3.22. The van der Waals surface area contributed by atoms with Crippen molar-refractivity contribution < 1.29 is 14.3 Å². The lowest BCUT2D eigenvalue weighted by Crippen LogP contribution is -2.19. The fourth-order valence-corrected chi connectivity index (χ4v) is 3.81. The van der Waals surface area contributed by atoms with E-state index in [0.29, 0.717) is 33.6 Å². The molecule has 0 saturated carbocycles. The molecule has 2 amide bonds. The Balaban J connectivity index is 1.41. The molecule has 0 spiro atoms. The first-order valence-corrected chi connectivity index (χ1v) is 11.1. The average molecular weight is 463 g/mol. The third kappa shape index (κ3) is 5.29. The lowest BCUT2D eigenvalue weighted by molar-refractivity contribution is -0.113. The molecule has 0 saturated heterocycles. The van der Waals surface area contributed by atoms with Gasteiger partial charge in [0.2, 0.25) is 11.1 Å². The van der Waals surface area contributed by atoms with E-state index in [-0.39, 0.29) is 17.6 Å². The maximum Gasteiger partial charge on any atom is 0.257 e. The molecule has 9 nitrogen and oxygen atoms in total. The van der Waals surface area contributed by atoms with Crippen molar-refractivity contribution in [3.8, 4) is 5.75 Å². The van der Waals surface area contributed by atoms with E-state index in [9.17, 15) is 9.59 Å². The molecule has 4 aromatic rings. The van der Waals surface area contributed by atoms with Gasteiger partial charge >= 0.3 is 0 Å². The number of anilines is 2. The topological polar surface area (TPSA) is 111 Å². The van der Waals surface area contributed by atoms with Gasteiger partial charge in [-0.3, -0.25) is 9.59 Å². The molecule has 2 aromatic carbocycles. The van der Waals surface area contributed by atoms with Gasteiger partial charge in [0.25, 0.3) is 11.7 Å². The van der Waals surface area contributed by atoms with Crippen LogP contribution in [0.25, 0.3) is 5.78 Å². The van der Waals surface area contributed by atoms with Gasteiger partial charge in [0.15, 0.2) is 0 Å². The van der Waals surface area contributed by atoms with Crippen LogP contribution in [0.3, 0.4) is 0 Å². The van der Waals surface area contributed by atoms with E-state index in [0.717, 1.165) is 11.4 Å². The first-order valence-electron chi connectivity index (χ1n) is 10.1. The van der Waals surface area contributed by atoms with Gasteiger partial charge in [-0.25, -0.2) is 9.50 Å². The normalized spacial score (nSPS) is 10.8. The standard InChI is InChI=1S/C23H22N6O3S/c1-14-12-15(2)29-22(24-14)27-23(28-29)33-13-20(30)26-19-7-5-4-6-18(19)21(31)25-16-8-10-17(32-3)11-9-16/h4-12H,13H2,1-3H3,(H,25,31)(H,26,30). The number of aromatic nitrogens is 4. The number of thioether (sulfide) groups is 1. The minimum atomic E-state index is -0.331. The van der Waals surface area contributed by atoms with Crippen LogP contribution in [0, 0.1) is 13.8 Å². The number of aryl methyl sites for hydroxylation is 2. The zero-order chi connectivity index (χ0) is 23.4. The molecule has 2 heterocycles. The molecule has 0 aliphatic rings. The molecule has 0 radical (unpaired) electrons. The molecular formula is C23H22N6O3S. The van der Waals surface area contributed by atoms with Crippen molar-refractivity contribution in [2.45, 2.75) is 19.0 Å². The SMILES string of the molecule is COc1ccc(NC(=O)c2ccccc2NC(=O)CSc2nc3nc(C)cc(C)n3n2)cc1. The van der Waals surface area contributed by atoms with Crippen LogP contribution in [-0.2, 0) is 4.79 Å². The minimum absolute atomic E-state index is 0.0867. The monoisotopic (exact) mass is 462 g/mol. The van der Waals surface area contributed by atoms with Crippen LogP contribution in [0.15, 0.2) is 59.8 Å². The second kappa shape index (κ2) is 9.70. The van der Waals surface area contributed by atoms with Gasteiger partial charge in [0, 0.05) is 17.1 Å². The molecular weight excluding hydrogens is 440 g/mol. The zero-order valence-corrected chi connectivity index (χ0v) is 19.1. The second-order valence-corrected chi connectivity index (χ2v) is 8.15. The molecule has 0 aliphatic carbocycles. The third-order valence-electron chi connectivity index (χ3n) is 4.72. The van der Waals surface area contributed by atoms with E-state index in [2.05, 4.69) is 25.7 Å². The number of nitrogens with one attached hydrogen (secondary N) is 2. The predicted octanol–water partition coefficient (Wildman–Crippen LogP) is 3.73. The van der Waals surface area contributed by atoms with Crippen molar-refractivity contribution in [2.75, 3.05) is 23.5 Å². The number of nitrogens with zero attached hydrogens (tertiary/aromatic N) is 4. The number of benzene rings is 2. The quantitative estimate of drug-likeness (QED) is 0.403. The lowest BCUT2D eigenvalue weighted by Gasteiger charge is -2.11. The van der Waals surface area contributed by atoms with E-state index < -0.39 is 0 Å². The summed E-state index contributed by atoms with van der Waals surface area (Å²) in [4.78, 5) is 34.1. The Hall–Kier alpha value is -3.92. The van der Waals surface area contributed by atoms with Crippen molar-refractivity contribution in [3.05, 3.63) is 71.5 Å². The highest BCUT2D eigenvalue weighted by Gasteiger charge is 2.15. The largest absolute Gasteiger partial charge is 0.497 e. The van der Waals surface area contributed by atoms with E-state index >= 15 is 0 Å². The van der Waals surface area contributed by atoms with Crippen molar-refractivity contribution >= 4 is 40.7 Å². The molecule has 10 heteroatoms. The number of fused-ring (bicyclic) bond motifs is 1. The number of hydrogen-bond donors (Lipinski definition) is 2. The molecule has 0 atom stereocenters. The number of ether oxygens (including phenoxy) is 1. The number of amides is 2. The highest BCUT2D eigenvalue weighted by atomic mass is 32.2. The molecule has 2 aromatic heterocycles. The van der Waals surface area contributed by atoms with Gasteiger partial charge in [0.05, 0.1) is 24.1 Å². The number of carbonyl (C=O) groups is 2. The number of rotatable bonds is 7. The summed E-state index contributed by atoms with van der Waals surface area (Å²) in [6.45, 7) is 3.82. The lowest BCUT2D eigenvalue weighted by atomic mass is 10.1. The van der Waals surface area contributed by atoms with Crippen LogP contribution in [0.4, 0.5) is 11.4 Å². The van der Waals surface area contributed by atoms with Crippen molar-refractivity contribution in [2.24, 2.45) is 0 Å². The highest BCUT2D eigenvalue weighted by Crippen LogP contribution is 2.21. The molecule has 4 rings (SSSR count). The van der Waals surface area contributed by atoms with E-state index in [1.807, 2.05) is 19.9 Å². The van der Waals surface area contributed by atoms with E-state index in [4.69, 9.17) is 4.74 Å². The highest BCUT2D eigenvalue weighted by molar-refractivity contribution is 7.99. The van der Waals surface area contributed by atoms with Gasteiger partial charge in [-0.2, -0.15) is 4.98 Å². The maximum absolute atomic E-state index is 12.8. The smallest absolute Gasteiger partial charge is 0.257 e.